The summed E-state index contributed by atoms with van der Waals surface area (Å²) in [5.74, 6) is -4.11. The highest BCUT2D eigenvalue weighted by Crippen LogP contribution is 2.26. The molecule has 6 nitrogen and oxygen atoms in total. The van der Waals surface area contributed by atoms with Crippen molar-refractivity contribution in [1.82, 2.24) is 10.6 Å². The van der Waals surface area contributed by atoms with Gasteiger partial charge in [-0.15, -0.1) is 0 Å². The Hall–Kier alpha value is -3.29. The number of nitrogens with one attached hydrogen (secondary N) is 2. The monoisotopic (exact) mass is 415 g/mol. The largest absolute Gasteiger partial charge is 0.357 e. The Morgan fingerprint density at radius 1 is 1.13 bits per heavy atom. The minimum absolute atomic E-state index is 0.000391. The number of likely N-dealkylation sites (N-methyl/N-ethyl adjacent to an activating group) is 1. The molecule has 0 spiro atoms. The number of rotatable bonds is 6. The molecule has 8 heteroatoms. The highest BCUT2D eigenvalue weighted by Gasteiger charge is 2.36. The van der Waals surface area contributed by atoms with Gasteiger partial charge in [0.1, 0.15) is 6.04 Å². The molecule has 2 N–H and O–H groups in total. The third-order valence-corrected chi connectivity index (χ3v) is 5.22. The Morgan fingerprint density at radius 3 is 2.43 bits per heavy atom. The van der Waals surface area contributed by atoms with Gasteiger partial charge in [-0.3, -0.25) is 14.4 Å². The molecular formula is C22H23F2N3O3. The Labute approximate surface area is 173 Å². The molecule has 0 radical (unpaired) electrons. The van der Waals surface area contributed by atoms with Gasteiger partial charge in [0.05, 0.1) is 5.92 Å². The van der Waals surface area contributed by atoms with Crippen LogP contribution in [-0.2, 0) is 20.8 Å². The second kappa shape index (κ2) is 9.02. The smallest absolute Gasteiger partial charge is 0.246 e. The zero-order chi connectivity index (χ0) is 21.8. The molecule has 2 unspecified atom stereocenters. The molecule has 1 heterocycles. The standard InChI is InChI=1S/C22H23F2N3O3/c1-3-13-4-7-16(8-5-13)27-12-15(11-19(27)28)21(29)26-20(22(30)25-2)14-6-9-17(23)18(24)10-14/h4-10,15,20H,3,11-12H2,1-2H3,(H,25,30)(H,26,29). The third-order valence-electron chi connectivity index (χ3n) is 5.22. The molecule has 2 atom stereocenters. The van der Waals surface area contributed by atoms with Crippen LogP contribution in [0.4, 0.5) is 14.5 Å². The topological polar surface area (TPSA) is 78.5 Å². The van der Waals surface area contributed by atoms with Gasteiger partial charge in [-0.1, -0.05) is 25.1 Å². The van der Waals surface area contributed by atoms with Crippen LogP contribution in [0.2, 0.25) is 0 Å². The molecule has 0 aromatic heterocycles. The molecule has 1 fully saturated rings. The van der Waals surface area contributed by atoms with E-state index in [1.165, 1.54) is 18.0 Å². The number of nitrogens with zero attached hydrogens (tertiary/aromatic N) is 1. The van der Waals surface area contributed by atoms with Gasteiger partial charge in [0.2, 0.25) is 17.7 Å². The van der Waals surface area contributed by atoms with E-state index in [4.69, 9.17) is 0 Å². The zero-order valence-corrected chi connectivity index (χ0v) is 16.7. The summed E-state index contributed by atoms with van der Waals surface area (Å²) in [6.45, 7) is 2.21. The van der Waals surface area contributed by atoms with Crippen molar-refractivity contribution >= 4 is 23.4 Å². The fourth-order valence-electron chi connectivity index (χ4n) is 3.44. The maximum atomic E-state index is 13.6. The first-order chi connectivity index (χ1) is 14.3. The van der Waals surface area contributed by atoms with E-state index in [2.05, 4.69) is 10.6 Å². The maximum absolute atomic E-state index is 13.6. The summed E-state index contributed by atoms with van der Waals surface area (Å²) in [6.07, 6.45) is 0.879. The quantitative estimate of drug-likeness (QED) is 0.761. The Kier molecular flexibility index (Phi) is 6.44. The lowest BCUT2D eigenvalue weighted by atomic mass is 10.0. The van der Waals surface area contributed by atoms with Crippen LogP contribution in [0.15, 0.2) is 42.5 Å². The first kappa shape index (κ1) is 21.4. The van der Waals surface area contributed by atoms with Gasteiger partial charge in [0.25, 0.3) is 0 Å². The highest BCUT2D eigenvalue weighted by atomic mass is 19.2. The first-order valence-corrected chi connectivity index (χ1v) is 9.70. The normalized spacial score (nSPS) is 17.0. The minimum Gasteiger partial charge on any atom is -0.357 e. The van der Waals surface area contributed by atoms with Crippen molar-refractivity contribution in [2.45, 2.75) is 25.8 Å². The number of aryl methyl sites for hydroxylation is 1. The van der Waals surface area contributed by atoms with Crippen LogP contribution in [0.25, 0.3) is 0 Å². The van der Waals surface area contributed by atoms with Crippen molar-refractivity contribution in [2.75, 3.05) is 18.5 Å². The van der Waals surface area contributed by atoms with E-state index in [9.17, 15) is 23.2 Å². The molecular weight excluding hydrogens is 392 g/mol. The second-order valence-corrected chi connectivity index (χ2v) is 7.15. The van der Waals surface area contributed by atoms with Crippen LogP contribution in [0.5, 0.6) is 0 Å². The lowest BCUT2D eigenvalue weighted by Crippen LogP contribution is -2.42. The fourth-order valence-corrected chi connectivity index (χ4v) is 3.44. The zero-order valence-electron chi connectivity index (χ0n) is 16.7. The number of carbonyl (C=O) groups excluding carboxylic acids is 3. The van der Waals surface area contributed by atoms with Gasteiger partial charge in [-0.05, 0) is 41.8 Å². The number of hydrogen-bond acceptors (Lipinski definition) is 3. The van der Waals surface area contributed by atoms with E-state index in [0.717, 1.165) is 24.1 Å². The van der Waals surface area contributed by atoms with Gasteiger partial charge in [-0.2, -0.15) is 0 Å². The van der Waals surface area contributed by atoms with Gasteiger partial charge in [0.15, 0.2) is 11.6 Å². The van der Waals surface area contributed by atoms with Gasteiger partial charge >= 0.3 is 0 Å². The second-order valence-electron chi connectivity index (χ2n) is 7.15. The van der Waals surface area contributed by atoms with Crippen LogP contribution in [0.1, 0.15) is 30.5 Å². The first-order valence-electron chi connectivity index (χ1n) is 9.70. The fraction of sp³-hybridized carbons (Fsp3) is 0.318. The highest BCUT2D eigenvalue weighted by molar-refractivity contribution is 6.01. The molecule has 1 saturated heterocycles. The molecule has 30 heavy (non-hydrogen) atoms. The predicted octanol–water partition coefficient (Wildman–Crippen LogP) is 2.48. The Bertz CT molecular complexity index is 963. The van der Waals surface area contributed by atoms with Crippen molar-refractivity contribution in [3.63, 3.8) is 0 Å². The van der Waals surface area contributed by atoms with E-state index in [1.54, 1.807) is 0 Å². The van der Waals surface area contributed by atoms with Crippen LogP contribution in [0, 0.1) is 17.6 Å². The summed E-state index contributed by atoms with van der Waals surface area (Å²) in [7, 11) is 1.38. The number of benzene rings is 2. The van der Waals surface area contributed by atoms with Gasteiger partial charge in [-0.25, -0.2) is 8.78 Å². The molecule has 1 aliphatic heterocycles. The van der Waals surface area contributed by atoms with E-state index in [-0.39, 0.29) is 24.4 Å². The summed E-state index contributed by atoms with van der Waals surface area (Å²) in [5, 5.41) is 4.97. The summed E-state index contributed by atoms with van der Waals surface area (Å²) in [6, 6.07) is 9.34. The Balaban J connectivity index is 1.75. The van der Waals surface area contributed by atoms with E-state index in [0.29, 0.717) is 5.69 Å². The van der Waals surface area contributed by atoms with E-state index in [1.807, 2.05) is 31.2 Å². The number of amides is 3. The SMILES string of the molecule is CCc1ccc(N2CC(C(=O)NC(C(=O)NC)c3ccc(F)c(F)c3)CC2=O)cc1. The molecule has 2 aromatic rings. The molecule has 3 amide bonds. The lowest BCUT2D eigenvalue weighted by Gasteiger charge is -2.21. The van der Waals surface area contributed by atoms with Crippen molar-refractivity contribution in [2.24, 2.45) is 5.92 Å². The van der Waals surface area contributed by atoms with Crippen LogP contribution in [-0.4, -0.2) is 31.3 Å². The summed E-state index contributed by atoms with van der Waals surface area (Å²) in [5.41, 5.74) is 1.95. The van der Waals surface area contributed by atoms with Crippen molar-refractivity contribution < 1.29 is 23.2 Å². The lowest BCUT2D eigenvalue weighted by molar-refractivity contribution is -0.131. The molecule has 0 bridgehead atoms. The molecule has 1 aliphatic rings. The summed E-state index contributed by atoms with van der Waals surface area (Å²) < 4.78 is 26.9. The number of carbonyl (C=O) groups is 3. The van der Waals surface area contributed by atoms with Gasteiger partial charge in [0, 0.05) is 25.7 Å². The number of hydrogen-bond donors (Lipinski definition) is 2. The molecule has 3 rings (SSSR count). The summed E-state index contributed by atoms with van der Waals surface area (Å²) >= 11 is 0. The maximum Gasteiger partial charge on any atom is 0.246 e. The van der Waals surface area contributed by atoms with Crippen molar-refractivity contribution in [3.05, 3.63) is 65.2 Å². The van der Waals surface area contributed by atoms with Crippen LogP contribution >= 0.6 is 0 Å². The van der Waals surface area contributed by atoms with Crippen molar-refractivity contribution in [3.8, 4) is 0 Å². The minimum atomic E-state index is -1.20. The number of anilines is 1. The van der Waals surface area contributed by atoms with Gasteiger partial charge < -0.3 is 15.5 Å². The van der Waals surface area contributed by atoms with Crippen LogP contribution in [0.3, 0.4) is 0 Å². The van der Waals surface area contributed by atoms with E-state index < -0.39 is 35.4 Å². The van der Waals surface area contributed by atoms with E-state index >= 15 is 0 Å². The predicted molar refractivity (Wildman–Crippen MR) is 108 cm³/mol. The third kappa shape index (κ3) is 4.48. The average molecular weight is 415 g/mol. The van der Waals surface area contributed by atoms with Crippen LogP contribution < -0.4 is 15.5 Å². The molecule has 2 aromatic carbocycles. The summed E-state index contributed by atoms with van der Waals surface area (Å²) in [4.78, 5) is 39.0. The number of halogens is 2. The Morgan fingerprint density at radius 2 is 1.83 bits per heavy atom. The molecule has 0 aliphatic carbocycles. The molecule has 0 saturated carbocycles. The molecule has 158 valence electrons. The average Bonchev–Trinajstić information content (AvgIpc) is 3.15. The van der Waals surface area contributed by atoms with Crippen molar-refractivity contribution in [1.29, 1.82) is 0 Å².